The number of benzene rings is 1. The smallest absolute Gasteiger partial charge is 0.268 e. The largest absolute Gasteiger partial charge is 0.354 e. The average Bonchev–Trinajstić information content (AvgIpc) is 3.21. The zero-order chi connectivity index (χ0) is 29.1. The number of ketones is 1. The van der Waals surface area contributed by atoms with Crippen molar-refractivity contribution >= 4 is 33.1 Å². The Hall–Kier alpha value is -2.98. The molecule has 2 aliphatic rings. The van der Waals surface area contributed by atoms with Gasteiger partial charge in [-0.2, -0.15) is 0 Å². The third-order valence-corrected chi connectivity index (χ3v) is 9.58. The molecule has 40 heavy (non-hydrogen) atoms. The number of rotatable bonds is 10. The van der Waals surface area contributed by atoms with Gasteiger partial charge >= 0.3 is 0 Å². The molecule has 0 bridgehead atoms. The summed E-state index contributed by atoms with van der Waals surface area (Å²) in [6.07, 6.45) is 4.10. The minimum Gasteiger partial charge on any atom is -0.354 e. The number of fused-ring (bicyclic) bond motifs is 1. The molecule has 2 aromatic rings. The number of unbranched alkanes of at least 4 members (excludes halogenated alkanes) is 1. The molecule has 9 nitrogen and oxygen atoms in total. The van der Waals surface area contributed by atoms with Crippen LogP contribution in [0, 0.1) is 12.3 Å². The highest BCUT2D eigenvalue weighted by Crippen LogP contribution is 2.36. The minimum atomic E-state index is -2.89. The van der Waals surface area contributed by atoms with Crippen LogP contribution in [0.5, 0.6) is 0 Å². The van der Waals surface area contributed by atoms with Crippen molar-refractivity contribution in [2.75, 3.05) is 36.5 Å². The van der Waals surface area contributed by atoms with E-state index < -0.39 is 15.9 Å². The second-order valence-electron chi connectivity index (χ2n) is 12.0. The van der Waals surface area contributed by atoms with E-state index in [-0.39, 0.29) is 34.5 Å². The van der Waals surface area contributed by atoms with Crippen molar-refractivity contribution in [1.82, 2.24) is 15.2 Å². The summed E-state index contributed by atoms with van der Waals surface area (Å²) in [7, 11) is -2.89. The van der Waals surface area contributed by atoms with E-state index >= 15 is 0 Å². The Labute approximate surface area is 237 Å². The molecule has 1 aromatic heterocycles. The number of anilines is 1. The van der Waals surface area contributed by atoms with Gasteiger partial charge in [0.05, 0.1) is 11.5 Å². The summed E-state index contributed by atoms with van der Waals surface area (Å²) in [6, 6.07) is 6.91. The molecule has 0 saturated carbocycles. The summed E-state index contributed by atoms with van der Waals surface area (Å²) in [6.45, 7) is 9.85. The predicted octanol–water partition coefficient (Wildman–Crippen LogP) is 3.68. The van der Waals surface area contributed by atoms with Gasteiger partial charge < -0.3 is 20.5 Å². The van der Waals surface area contributed by atoms with E-state index in [1.165, 1.54) is 0 Å². The van der Waals surface area contributed by atoms with E-state index in [1.54, 1.807) is 6.92 Å². The Bertz CT molecular complexity index is 1350. The number of aromatic nitrogens is 1. The van der Waals surface area contributed by atoms with Crippen LogP contribution in [0.15, 0.2) is 24.3 Å². The number of Topliss-reactive ketones (excluding diaryl/α,β-unsaturated/α-hetero) is 1. The number of hydrogen-bond acceptors (Lipinski definition) is 6. The molecule has 0 radical (unpaired) electrons. The predicted molar refractivity (Wildman–Crippen MR) is 157 cm³/mol. The number of amides is 2. The van der Waals surface area contributed by atoms with Gasteiger partial charge in [-0.25, -0.2) is 8.42 Å². The molecular formula is C30H42N4O5S. The second-order valence-corrected chi connectivity index (χ2v) is 14.3. The highest BCUT2D eigenvalue weighted by atomic mass is 32.2. The van der Waals surface area contributed by atoms with E-state index in [4.69, 9.17) is 0 Å². The van der Waals surface area contributed by atoms with Crippen molar-refractivity contribution in [3.8, 4) is 0 Å². The van der Waals surface area contributed by atoms with E-state index in [0.29, 0.717) is 54.9 Å². The fourth-order valence-corrected chi connectivity index (χ4v) is 6.89. The SMILES string of the molecule is CCCCC(NC(=O)c1[nH]c2c(c1C)C(=O)CC(C)(C)C2)C(=O)Nc1ccc(CCN2CCS(=O)(=O)CC2)cc1. The van der Waals surface area contributed by atoms with Crippen LogP contribution in [-0.4, -0.2) is 73.1 Å². The summed E-state index contributed by atoms with van der Waals surface area (Å²) in [5.74, 6) is -0.178. The van der Waals surface area contributed by atoms with E-state index in [1.807, 2.05) is 45.0 Å². The van der Waals surface area contributed by atoms with Gasteiger partial charge in [-0.3, -0.25) is 14.4 Å². The van der Waals surface area contributed by atoms with Crippen molar-refractivity contribution in [2.24, 2.45) is 5.41 Å². The van der Waals surface area contributed by atoms with Crippen LogP contribution in [0.4, 0.5) is 5.69 Å². The number of nitrogens with one attached hydrogen (secondary N) is 3. The lowest BCUT2D eigenvalue weighted by Gasteiger charge is -2.28. The molecule has 1 fully saturated rings. The number of nitrogens with zero attached hydrogens (tertiary/aromatic N) is 1. The fourth-order valence-electron chi connectivity index (χ4n) is 5.61. The fraction of sp³-hybridized carbons (Fsp3) is 0.567. The van der Waals surface area contributed by atoms with Crippen molar-refractivity contribution in [3.05, 3.63) is 52.3 Å². The normalized spacial score (nSPS) is 19.1. The van der Waals surface area contributed by atoms with E-state index in [2.05, 4.69) is 20.5 Å². The summed E-state index contributed by atoms with van der Waals surface area (Å²) in [5, 5.41) is 5.84. The number of sulfone groups is 1. The van der Waals surface area contributed by atoms with Gasteiger partial charge in [0.2, 0.25) is 5.91 Å². The molecule has 1 saturated heterocycles. The molecule has 1 aliphatic carbocycles. The first-order valence-electron chi connectivity index (χ1n) is 14.3. The van der Waals surface area contributed by atoms with E-state index in [9.17, 15) is 22.8 Å². The Kier molecular flexibility index (Phi) is 9.19. The highest BCUT2D eigenvalue weighted by molar-refractivity contribution is 7.91. The van der Waals surface area contributed by atoms with E-state index in [0.717, 1.165) is 37.1 Å². The molecule has 218 valence electrons. The highest BCUT2D eigenvalue weighted by Gasteiger charge is 2.35. The number of hydrogen-bond donors (Lipinski definition) is 3. The van der Waals surface area contributed by atoms with Crippen LogP contribution in [0.2, 0.25) is 0 Å². The monoisotopic (exact) mass is 570 g/mol. The summed E-state index contributed by atoms with van der Waals surface area (Å²) >= 11 is 0. The lowest BCUT2D eigenvalue weighted by Crippen LogP contribution is -2.44. The summed E-state index contributed by atoms with van der Waals surface area (Å²) in [5.41, 5.74) is 3.99. The molecule has 1 aromatic carbocycles. The maximum Gasteiger partial charge on any atom is 0.268 e. The van der Waals surface area contributed by atoms with Gasteiger partial charge in [0.1, 0.15) is 11.7 Å². The van der Waals surface area contributed by atoms with Crippen LogP contribution in [-0.2, 0) is 27.5 Å². The maximum absolute atomic E-state index is 13.3. The molecular weight excluding hydrogens is 528 g/mol. The lowest BCUT2D eigenvalue weighted by molar-refractivity contribution is -0.118. The Balaban J connectivity index is 1.37. The van der Waals surface area contributed by atoms with Crippen molar-refractivity contribution in [2.45, 2.75) is 72.3 Å². The Morgan fingerprint density at radius 2 is 1.77 bits per heavy atom. The molecule has 1 unspecified atom stereocenters. The first-order valence-corrected chi connectivity index (χ1v) is 16.1. The maximum atomic E-state index is 13.3. The van der Waals surface area contributed by atoms with Gasteiger partial charge in [0.25, 0.3) is 5.91 Å². The topological polar surface area (TPSA) is 128 Å². The summed E-state index contributed by atoms with van der Waals surface area (Å²) < 4.78 is 23.2. The second kappa shape index (κ2) is 12.3. The zero-order valence-corrected chi connectivity index (χ0v) is 24.9. The van der Waals surface area contributed by atoms with Gasteiger partial charge in [-0.1, -0.05) is 45.7 Å². The first-order chi connectivity index (χ1) is 18.9. The first kappa shape index (κ1) is 30.0. The van der Waals surface area contributed by atoms with Crippen LogP contribution in [0.3, 0.4) is 0 Å². The molecule has 10 heteroatoms. The molecule has 4 rings (SSSR count). The van der Waals surface area contributed by atoms with Gasteiger partial charge in [0.15, 0.2) is 15.6 Å². The minimum absolute atomic E-state index is 0.0478. The molecule has 1 aliphatic heterocycles. The average molecular weight is 571 g/mol. The van der Waals surface area contributed by atoms with Gasteiger partial charge in [-0.05, 0) is 54.9 Å². The summed E-state index contributed by atoms with van der Waals surface area (Å²) in [4.78, 5) is 44.6. The third-order valence-electron chi connectivity index (χ3n) is 7.97. The van der Waals surface area contributed by atoms with Crippen molar-refractivity contribution in [1.29, 1.82) is 0 Å². The quantitative estimate of drug-likeness (QED) is 0.400. The third kappa shape index (κ3) is 7.40. The van der Waals surface area contributed by atoms with Crippen LogP contribution in [0.1, 0.15) is 84.1 Å². The zero-order valence-electron chi connectivity index (χ0n) is 24.1. The van der Waals surface area contributed by atoms with Gasteiger partial charge in [0, 0.05) is 43.0 Å². The lowest BCUT2D eigenvalue weighted by atomic mass is 9.75. The Morgan fingerprint density at radius 1 is 1.10 bits per heavy atom. The standard InChI is InChI=1S/C30H42N4O5S/c1-5-6-7-23(33-29(37)27-20(2)26-24(32-27)18-30(3,4)19-25(26)35)28(36)31-22-10-8-21(9-11-22)12-13-34-14-16-40(38,39)17-15-34/h8-11,23,32H,5-7,12-19H2,1-4H3,(H,31,36)(H,33,37). The molecule has 0 spiro atoms. The van der Waals surface area contributed by atoms with Crippen molar-refractivity contribution in [3.63, 3.8) is 0 Å². The number of carbonyl (C=O) groups excluding carboxylic acids is 3. The number of aromatic amines is 1. The number of H-pyrrole nitrogens is 1. The molecule has 1 atom stereocenters. The van der Waals surface area contributed by atoms with Gasteiger partial charge in [-0.15, -0.1) is 0 Å². The molecule has 3 N–H and O–H groups in total. The molecule has 2 amide bonds. The number of carbonyl (C=O) groups is 3. The van der Waals surface area contributed by atoms with Crippen molar-refractivity contribution < 1.29 is 22.8 Å². The van der Waals surface area contributed by atoms with Crippen LogP contribution < -0.4 is 10.6 Å². The Morgan fingerprint density at radius 3 is 2.42 bits per heavy atom. The van der Waals surface area contributed by atoms with Crippen LogP contribution >= 0.6 is 0 Å². The molecule has 2 heterocycles. The van der Waals surface area contributed by atoms with Crippen LogP contribution in [0.25, 0.3) is 0 Å².